The molecule has 0 spiro atoms. The van der Waals surface area contributed by atoms with Gasteiger partial charge in [-0.3, -0.25) is 4.79 Å². The molecule has 32 heavy (non-hydrogen) atoms. The Morgan fingerprint density at radius 2 is 1.41 bits per heavy atom. The molecule has 0 N–H and O–H groups in total. The zero-order valence-electron chi connectivity index (χ0n) is 20.1. The van der Waals surface area contributed by atoms with E-state index >= 15 is 0 Å². The maximum absolute atomic E-state index is 13.0. The first-order valence-corrected chi connectivity index (χ1v) is 12.6. The third-order valence-corrected chi connectivity index (χ3v) is 5.88. The molecule has 0 saturated carbocycles. The molecular formula is C27H41NO4. The van der Waals surface area contributed by atoms with Crippen molar-refractivity contribution >= 4 is 16.9 Å². The number of nitrogens with zero attached hydrogens (tertiary/aromatic N) is 1. The van der Waals surface area contributed by atoms with E-state index in [9.17, 15) is 9.59 Å². The summed E-state index contributed by atoms with van der Waals surface area (Å²) in [6.07, 6.45) is 14.4. The highest BCUT2D eigenvalue weighted by Gasteiger charge is 2.15. The third-order valence-electron chi connectivity index (χ3n) is 5.88. The van der Waals surface area contributed by atoms with Crippen LogP contribution >= 0.6 is 0 Å². The summed E-state index contributed by atoms with van der Waals surface area (Å²) < 4.78 is 11.0. The summed E-state index contributed by atoms with van der Waals surface area (Å²) in [5.74, 6) is 0.397. The summed E-state index contributed by atoms with van der Waals surface area (Å²) in [6, 6.07) is 8.56. The molecule has 1 aromatic carbocycles. The molecule has 2 rings (SSSR count). The number of rotatable bonds is 17. The monoisotopic (exact) mass is 443 g/mol. The van der Waals surface area contributed by atoms with E-state index in [4.69, 9.17) is 9.15 Å². The molecule has 2 aromatic rings. The van der Waals surface area contributed by atoms with Crippen molar-refractivity contribution in [3.8, 4) is 5.75 Å². The van der Waals surface area contributed by atoms with Crippen molar-refractivity contribution in [1.82, 2.24) is 4.90 Å². The van der Waals surface area contributed by atoms with Gasteiger partial charge in [0, 0.05) is 13.1 Å². The van der Waals surface area contributed by atoms with Gasteiger partial charge in [0.05, 0.1) is 11.5 Å². The van der Waals surface area contributed by atoms with E-state index in [-0.39, 0.29) is 12.5 Å². The zero-order chi connectivity index (χ0) is 23.0. The molecular weight excluding hydrogens is 402 g/mol. The average molecular weight is 444 g/mol. The van der Waals surface area contributed by atoms with Crippen LogP contribution in [-0.4, -0.2) is 30.5 Å². The van der Waals surface area contributed by atoms with E-state index in [0.29, 0.717) is 16.7 Å². The molecule has 0 saturated heterocycles. The van der Waals surface area contributed by atoms with Crippen LogP contribution < -0.4 is 10.4 Å². The molecule has 0 aliphatic heterocycles. The predicted molar refractivity (Wildman–Crippen MR) is 131 cm³/mol. The highest BCUT2D eigenvalue weighted by Crippen LogP contribution is 2.23. The molecule has 0 aliphatic rings. The van der Waals surface area contributed by atoms with Crippen LogP contribution in [0, 0.1) is 0 Å². The Morgan fingerprint density at radius 1 is 0.844 bits per heavy atom. The molecule has 0 atom stereocenters. The SMILES string of the molecule is CCCCCCCCN(CCCCCCCC)C(=O)COc1cc(=O)oc2ccccc12. The second-order valence-corrected chi connectivity index (χ2v) is 8.63. The first kappa shape index (κ1) is 26.0. The summed E-state index contributed by atoms with van der Waals surface area (Å²) in [5.41, 5.74) is 0.000581. The lowest BCUT2D eigenvalue weighted by molar-refractivity contribution is -0.133. The number of para-hydroxylation sites is 1. The Morgan fingerprint density at radius 3 is 2.03 bits per heavy atom. The first-order valence-electron chi connectivity index (χ1n) is 12.6. The summed E-state index contributed by atoms with van der Waals surface area (Å²) in [7, 11) is 0. The zero-order valence-corrected chi connectivity index (χ0v) is 20.1. The summed E-state index contributed by atoms with van der Waals surface area (Å²) >= 11 is 0. The molecule has 0 fully saturated rings. The number of carbonyl (C=O) groups excluding carboxylic acids is 1. The van der Waals surface area contributed by atoms with E-state index in [0.717, 1.165) is 38.8 Å². The van der Waals surface area contributed by atoms with Gasteiger partial charge < -0.3 is 14.1 Å². The maximum atomic E-state index is 13.0. The van der Waals surface area contributed by atoms with E-state index < -0.39 is 5.63 Å². The number of unbranched alkanes of at least 4 members (excludes halogenated alkanes) is 10. The second-order valence-electron chi connectivity index (χ2n) is 8.63. The van der Waals surface area contributed by atoms with Gasteiger partial charge in [-0.2, -0.15) is 0 Å². The van der Waals surface area contributed by atoms with E-state index in [1.54, 1.807) is 6.07 Å². The first-order chi connectivity index (χ1) is 15.7. The van der Waals surface area contributed by atoms with Crippen molar-refractivity contribution in [2.45, 2.75) is 90.9 Å². The van der Waals surface area contributed by atoms with Gasteiger partial charge in [0.1, 0.15) is 11.3 Å². The van der Waals surface area contributed by atoms with Crippen LogP contribution in [0.4, 0.5) is 0 Å². The molecule has 0 radical (unpaired) electrons. The van der Waals surface area contributed by atoms with Crippen molar-refractivity contribution in [1.29, 1.82) is 0 Å². The van der Waals surface area contributed by atoms with Crippen molar-refractivity contribution in [3.05, 3.63) is 40.8 Å². The van der Waals surface area contributed by atoms with Crippen molar-refractivity contribution in [2.75, 3.05) is 19.7 Å². The van der Waals surface area contributed by atoms with Crippen LogP contribution in [0.2, 0.25) is 0 Å². The van der Waals surface area contributed by atoms with Gasteiger partial charge in [-0.05, 0) is 25.0 Å². The van der Waals surface area contributed by atoms with Crippen LogP contribution in [0.15, 0.2) is 39.5 Å². The van der Waals surface area contributed by atoms with Gasteiger partial charge in [0.25, 0.3) is 5.91 Å². The van der Waals surface area contributed by atoms with Gasteiger partial charge in [0.15, 0.2) is 6.61 Å². The average Bonchev–Trinajstić information content (AvgIpc) is 2.80. The fourth-order valence-corrected chi connectivity index (χ4v) is 3.96. The van der Waals surface area contributed by atoms with Gasteiger partial charge in [-0.15, -0.1) is 0 Å². The fourth-order valence-electron chi connectivity index (χ4n) is 3.96. The highest BCUT2D eigenvalue weighted by molar-refractivity contribution is 5.84. The Hall–Kier alpha value is -2.30. The number of fused-ring (bicyclic) bond motifs is 1. The molecule has 0 bridgehead atoms. The highest BCUT2D eigenvalue weighted by atomic mass is 16.5. The van der Waals surface area contributed by atoms with Crippen LogP contribution in [-0.2, 0) is 4.79 Å². The lowest BCUT2D eigenvalue weighted by Crippen LogP contribution is -2.36. The molecule has 1 heterocycles. The molecule has 5 heteroatoms. The lowest BCUT2D eigenvalue weighted by atomic mass is 10.1. The minimum atomic E-state index is -0.470. The summed E-state index contributed by atoms with van der Waals surface area (Å²) in [5, 5.41) is 0.707. The Bertz CT molecular complexity index is 829. The van der Waals surface area contributed by atoms with E-state index in [2.05, 4.69) is 13.8 Å². The quantitative estimate of drug-likeness (QED) is 0.201. The van der Waals surface area contributed by atoms with Crippen LogP contribution in [0.1, 0.15) is 90.9 Å². The van der Waals surface area contributed by atoms with Crippen molar-refractivity contribution < 1.29 is 13.9 Å². The number of benzene rings is 1. The van der Waals surface area contributed by atoms with E-state index in [1.165, 1.54) is 57.4 Å². The fraction of sp³-hybridized carbons (Fsp3) is 0.630. The number of ether oxygens (including phenoxy) is 1. The molecule has 5 nitrogen and oxygen atoms in total. The minimum Gasteiger partial charge on any atom is -0.483 e. The Balaban J connectivity index is 1.90. The second kappa shape index (κ2) is 15.5. The van der Waals surface area contributed by atoms with Crippen molar-refractivity contribution in [3.63, 3.8) is 0 Å². The van der Waals surface area contributed by atoms with Crippen LogP contribution in [0.5, 0.6) is 5.75 Å². The van der Waals surface area contributed by atoms with E-state index in [1.807, 2.05) is 23.1 Å². The Labute approximate surface area is 193 Å². The molecule has 1 amide bonds. The van der Waals surface area contributed by atoms with Gasteiger partial charge >= 0.3 is 5.63 Å². The topological polar surface area (TPSA) is 59.8 Å². The number of amides is 1. The van der Waals surface area contributed by atoms with Crippen molar-refractivity contribution in [2.24, 2.45) is 0 Å². The number of carbonyl (C=O) groups is 1. The summed E-state index contributed by atoms with van der Waals surface area (Å²) in [4.78, 5) is 26.8. The molecule has 1 aromatic heterocycles. The minimum absolute atomic E-state index is 0.00978. The maximum Gasteiger partial charge on any atom is 0.339 e. The van der Waals surface area contributed by atoms with Crippen LogP contribution in [0.3, 0.4) is 0 Å². The molecule has 0 aliphatic carbocycles. The van der Waals surface area contributed by atoms with Gasteiger partial charge in [-0.1, -0.05) is 90.2 Å². The predicted octanol–water partition coefficient (Wildman–Crippen LogP) is 6.72. The number of hydrogen-bond acceptors (Lipinski definition) is 4. The largest absolute Gasteiger partial charge is 0.483 e. The van der Waals surface area contributed by atoms with Crippen LogP contribution in [0.25, 0.3) is 11.0 Å². The number of hydrogen-bond donors (Lipinski definition) is 0. The normalized spacial score (nSPS) is 11.1. The third kappa shape index (κ3) is 9.46. The molecule has 0 unspecified atom stereocenters. The van der Waals surface area contributed by atoms with Gasteiger partial charge in [0.2, 0.25) is 0 Å². The molecule has 178 valence electrons. The standard InChI is InChI=1S/C27H41NO4/c1-3-5-7-9-11-15-19-28(20-16-12-10-8-6-4-2)26(29)22-31-25-21-27(30)32-24-18-14-13-17-23(24)25/h13-14,17-18,21H,3-12,15-16,19-20,22H2,1-2H3. The van der Waals surface area contributed by atoms with Gasteiger partial charge in [-0.25, -0.2) is 4.79 Å². The lowest BCUT2D eigenvalue weighted by Gasteiger charge is -2.23. The Kier molecular flexibility index (Phi) is 12.6. The summed E-state index contributed by atoms with van der Waals surface area (Å²) in [6.45, 7) is 5.95. The smallest absolute Gasteiger partial charge is 0.339 e.